The molecule has 3 atom stereocenters. The number of amides is 3. The summed E-state index contributed by atoms with van der Waals surface area (Å²) in [6.07, 6.45) is 3.25. The Morgan fingerprint density at radius 1 is 1.14 bits per heavy atom. The molecular weight excluding hydrogens is 350 g/mol. The van der Waals surface area contributed by atoms with Crippen LogP contribution >= 0.6 is 0 Å². The van der Waals surface area contributed by atoms with E-state index >= 15 is 0 Å². The largest absolute Gasteiger partial charge is 0.337 e. The summed E-state index contributed by atoms with van der Waals surface area (Å²) in [4.78, 5) is 28.1. The molecule has 0 spiro atoms. The van der Waals surface area contributed by atoms with Gasteiger partial charge in [0.2, 0.25) is 5.91 Å². The summed E-state index contributed by atoms with van der Waals surface area (Å²) < 4.78 is 0. The molecule has 154 valence electrons. The van der Waals surface area contributed by atoms with E-state index < -0.39 is 6.04 Å². The lowest BCUT2D eigenvalue weighted by molar-refractivity contribution is -0.135. The fourth-order valence-corrected chi connectivity index (χ4v) is 5.42. The van der Waals surface area contributed by atoms with Gasteiger partial charge in [0.1, 0.15) is 6.04 Å². The molecule has 3 rings (SSSR count). The van der Waals surface area contributed by atoms with E-state index in [2.05, 4.69) is 31.4 Å². The van der Waals surface area contributed by atoms with Crippen LogP contribution in [0.1, 0.15) is 59.4 Å². The Hall–Kier alpha value is -2.04. The van der Waals surface area contributed by atoms with E-state index in [1.807, 2.05) is 49.9 Å². The summed E-state index contributed by atoms with van der Waals surface area (Å²) >= 11 is 0. The van der Waals surface area contributed by atoms with Crippen molar-refractivity contribution < 1.29 is 9.59 Å². The summed E-state index contributed by atoms with van der Waals surface area (Å²) in [5.41, 5.74) is 2.21. The Labute approximate surface area is 169 Å². The Balaban J connectivity index is 1.71. The second-order valence-corrected chi connectivity index (χ2v) is 10.3. The third-order valence-corrected chi connectivity index (χ3v) is 6.31. The predicted molar refractivity (Wildman–Crippen MR) is 113 cm³/mol. The molecule has 1 aromatic carbocycles. The highest BCUT2D eigenvalue weighted by Crippen LogP contribution is 2.52. The number of likely N-dealkylation sites (tertiary alicyclic amines) is 1. The van der Waals surface area contributed by atoms with Gasteiger partial charge in [0.05, 0.1) is 0 Å². The number of carbonyl (C=O) groups is 2. The number of hydrogen-bond donors (Lipinski definition) is 2. The zero-order chi connectivity index (χ0) is 20.7. The van der Waals surface area contributed by atoms with Crippen LogP contribution in [-0.2, 0) is 4.79 Å². The maximum atomic E-state index is 13.4. The van der Waals surface area contributed by atoms with Crippen molar-refractivity contribution in [1.82, 2.24) is 10.2 Å². The van der Waals surface area contributed by atoms with Crippen molar-refractivity contribution in [3.8, 4) is 0 Å². The van der Waals surface area contributed by atoms with Gasteiger partial charge >= 0.3 is 6.03 Å². The van der Waals surface area contributed by atoms with Gasteiger partial charge in [-0.05, 0) is 54.6 Å². The van der Waals surface area contributed by atoms with Gasteiger partial charge < -0.3 is 15.5 Å². The summed E-state index contributed by atoms with van der Waals surface area (Å²) in [5.74, 6) is 0.0812. The van der Waals surface area contributed by atoms with Gasteiger partial charge in [-0.25, -0.2) is 4.79 Å². The van der Waals surface area contributed by atoms with Gasteiger partial charge in [0, 0.05) is 18.3 Å². The minimum Gasteiger partial charge on any atom is -0.337 e. The van der Waals surface area contributed by atoms with Gasteiger partial charge in [0.15, 0.2) is 0 Å². The number of rotatable bonds is 4. The van der Waals surface area contributed by atoms with Crippen molar-refractivity contribution in [3.63, 3.8) is 0 Å². The van der Waals surface area contributed by atoms with Gasteiger partial charge in [-0.3, -0.25) is 4.79 Å². The lowest BCUT2D eigenvalue weighted by atomic mass is 9.65. The van der Waals surface area contributed by atoms with Gasteiger partial charge in [-0.1, -0.05) is 52.8 Å². The Morgan fingerprint density at radius 2 is 1.82 bits per heavy atom. The predicted octanol–water partition coefficient (Wildman–Crippen LogP) is 4.57. The number of hydrogen-bond acceptors (Lipinski definition) is 2. The molecule has 3 amide bonds. The number of urea groups is 1. The molecule has 5 heteroatoms. The molecule has 1 saturated carbocycles. The summed E-state index contributed by atoms with van der Waals surface area (Å²) in [5, 5.41) is 5.83. The van der Waals surface area contributed by atoms with Crippen molar-refractivity contribution >= 4 is 17.6 Å². The minimum atomic E-state index is -0.518. The second kappa shape index (κ2) is 7.41. The minimum absolute atomic E-state index is 0.0244. The lowest BCUT2D eigenvalue weighted by Crippen LogP contribution is -2.53. The molecule has 1 heterocycles. The number of anilines is 1. The number of nitrogens with one attached hydrogen (secondary N) is 2. The van der Waals surface area contributed by atoms with Crippen LogP contribution in [0, 0.1) is 23.7 Å². The molecule has 2 bridgehead atoms. The molecule has 1 aliphatic carbocycles. The van der Waals surface area contributed by atoms with Crippen LogP contribution in [0.5, 0.6) is 0 Å². The van der Waals surface area contributed by atoms with Crippen LogP contribution in [0.3, 0.4) is 0 Å². The zero-order valence-corrected chi connectivity index (χ0v) is 18.1. The fraction of sp³-hybridized carbons (Fsp3) is 0.652. The highest BCUT2D eigenvalue weighted by atomic mass is 16.2. The highest BCUT2D eigenvalue weighted by molar-refractivity contribution is 5.94. The topological polar surface area (TPSA) is 61.4 Å². The zero-order valence-electron chi connectivity index (χ0n) is 18.1. The van der Waals surface area contributed by atoms with Crippen LogP contribution in [-0.4, -0.2) is 35.5 Å². The first kappa shape index (κ1) is 20.7. The van der Waals surface area contributed by atoms with Crippen LogP contribution in [0.25, 0.3) is 0 Å². The average Bonchev–Trinajstić information content (AvgIpc) is 2.83. The Bertz CT molecular complexity index is 758. The van der Waals surface area contributed by atoms with E-state index in [1.165, 1.54) is 0 Å². The van der Waals surface area contributed by atoms with Crippen molar-refractivity contribution in [2.75, 3.05) is 11.9 Å². The van der Waals surface area contributed by atoms with E-state index in [0.717, 1.165) is 37.1 Å². The van der Waals surface area contributed by atoms with E-state index in [1.54, 1.807) is 0 Å². The number of para-hydroxylation sites is 1. The van der Waals surface area contributed by atoms with Crippen LogP contribution in [0.15, 0.2) is 24.3 Å². The molecule has 2 fully saturated rings. The van der Waals surface area contributed by atoms with Gasteiger partial charge in [-0.2, -0.15) is 0 Å². The molecule has 0 aromatic heterocycles. The molecule has 1 aliphatic heterocycles. The maximum absolute atomic E-state index is 13.4. The second-order valence-electron chi connectivity index (χ2n) is 10.3. The Morgan fingerprint density at radius 3 is 2.46 bits per heavy atom. The third kappa shape index (κ3) is 4.34. The fourth-order valence-electron chi connectivity index (χ4n) is 5.42. The third-order valence-electron chi connectivity index (χ3n) is 6.31. The molecule has 3 unspecified atom stereocenters. The summed E-state index contributed by atoms with van der Waals surface area (Å²) in [6.45, 7) is 13.6. The molecule has 1 saturated heterocycles. The maximum Gasteiger partial charge on any atom is 0.319 e. The molecule has 2 N–H and O–H groups in total. The summed E-state index contributed by atoms with van der Waals surface area (Å²) in [7, 11) is 0. The standard InChI is InChI=1S/C23H35N3O2/c1-15(2)19(25-21(28)24-18-10-8-7-9-16(18)3)20(27)26-14-23(6)12-17(26)11-22(4,5)13-23/h7-10,15,17,19H,11-14H2,1-6H3,(H2,24,25,28). The van der Waals surface area contributed by atoms with Gasteiger partial charge in [-0.15, -0.1) is 0 Å². The first-order chi connectivity index (χ1) is 13.0. The molecule has 2 aliphatic rings. The average molecular weight is 386 g/mol. The SMILES string of the molecule is Cc1ccccc1NC(=O)NC(C(=O)N1CC2(C)CC1CC(C)(C)C2)C(C)C. The van der Waals surface area contributed by atoms with E-state index in [4.69, 9.17) is 0 Å². The molecule has 0 radical (unpaired) electrons. The van der Waals surface area contributed by atoms with E-state index in [9.17, 15) is 9.59 Å². The molecule has 28 heavy (non-hydrogen) atoms. The van der Waals surface area contributed by atoms with Crippen LogP contribution in [0.2, 0.25) is 0 Å². The first-order valence-corrected chi connectivity index (χ1v) is 10.4. The summed E-state index contributed by atoms with van der Waals surface area (Å²) in [6, 6.07) is 7.09. The molecule has 5 nitrogen and oxygen atoms in total. The van der Waals surface area contributed by atoms with Crippen molar-refractivity contribution in [2.24, 2.45) is 16.7 Å². The monoisotopic (exact) mass is 385 g/mol. The molecule has 1 aromatic rings. The number of benzene rings is 1. The molecular formula is C23H35N3O2. The first-order valence-electron chi connectivity index (χ1n) is 10.4. The number of carbonyl (C=O) groups excluding carboxylic acids is 2. The quantitative estimate of drug-likeness (QED) is 0.798. The normalized spacial score (nSPS) is 26.8. The van der Waals surface area contributed by atoms with Crippen molar-refractivity contribution in [2.45, 2.75) is 72.9 Å². The van der Waals surface area contributed by atoms with E-state index in [0.29, 0.717) is 0 Å². The van der Waals surface area contributed by atoms with Gasteiger partial charge in [0.25, 0.3) is 0 Å². The highest BCUT2D eigenvalue weighted by Gasteiger charge is 2.52. The number of aryl methyl sites for hydroxylation is 1. The van der Waals surface area contributed by atoms with Crippen molar-refractivity contribution in [1.29, 1.82) is 0 Å². The van der Waals surface area contributed by atoms with Crippen LogP contribution in [0.4, 0.5) is 10.5 Å². The van der Waals surface area contributed by atoms with Crippen LogP contribution < -0.4 is 10.6 Å². The number of nitrogens with zero attached hydrogens (tertiary/aromatic N) is 1. The lowest BCUT2D eigenvalue weighted by Gasteiger charge is -2.39. The Kier molecular flexibility index (Phi) is 5.48. The van der Waals surface area contributed by atoms with E-state index in [-0.39, 0.29) is 34.7 Å². The smallest absolute Gasteiger partial charge is 0.319 e. The number of fused-ring (bicyclic) bond motifs is 2. The van der Waals surface area contributed by atoms with Crippen molar-refractivity contribution in [3.05, 3.63) is 29.8 Å².